The van der Waals surface area contributed by atoms with Gasteiger partial charge < -0.3 is 0 Å². The third-order valence-electron chi connectivity index (χ3n) is 1.84. The fraction of sp³-hybridized carbons (Fsp3) is 0.0909. The van der Waals surface area contributed by atoms with Gasteiger partial charge in [0.15, 0.2) is 0 Å². The molecule has 0 saturated carbocycles. The van der Waals surface area contributed by atoms with Crippen molar-refractivity contribution in [3.05, 3.63) is 48.6 Å². The molecule has 1 aromatic rings. The van der Waals surface area contributed by atoms with Crippen molar-refractivity contribution >= 4 is 18.9 Å². The van der Waals surface area contributed by atoms with Gasteiger partial charge in [-0.1, -0.05) is 42.9 Å². The van der Waals surface area contributed by atoms with E-state index in [1.165, 1.54) is 0 Å². The van der Waals surface area contributed by atoms with Gasteiger partial charge in [-0.25, -0.2) is 0 Å². The third kappa shape index (κ3) is 1.67. The van der Waals surface area contributed by atoms with Gasteiger partial charge in [0.25, 0.3) is 0 Å². The van der Waals surface area contributed by atoms with Crippen LogP contribution in [0.15, 0.2) is 37.4 Å². The van der Waals surface area contributed by atoms with Crippen LogP contribution in [0, 0.1) is 6.92 Å². The zero-order valence-electron chi connectivity index (χ0n) is 7.30. The second-order valence-corrected chi connectivity index (χ2v) is 2.80. The van der Waals surface area contributed by atoms with Crippen LogP contribution in [0.3, 0.4) is 0 Å². The summed E-state index contributed by atoms with van der Waals surface area (Å²) in [5, 5.41) is 0. The largest absolute Gasteiger partial charge is 0.113 e. The van der Waals surface area contributed by atoms with Crippen LogP contribution in [-0.2, 0) is 0 Å². The number of hydrogen-bond donors (Lipinski definition) is 0. The molecule has 0 aliphatic carbocycles. The van der Waals surface area contributed by atoms with Crippen LogP contribution in [0.5, 0.6) is 0 Å². The molecule has 0 fully saturated rings. The van der Waals surface area contributed by atoms with Crippen molar-refractivity contribution < 1.29 is 0 Å². The van der Waals surface area contributed by atoms with Gasteiger partial charge in [0, 0.05) is 0 Å². The van der Waals surface area contributed by atoms with E-state index in [1.807, 2.05) is 25.1 Å². The molecule has 0 aliphatic rings. The average molecular weight is 154 g/mol. The monoisotopic (exact) mass is 154 g/mol. The quantitative estimate of drug-likeness (QED) is 0.451. The smallest absolute Gasteiger partial charge is 0.0985 e. The van der Waals surface area contributed by atoms with Gasteiger partial charge in [0.2, 0.25) is 0 Å². The molecule has 0 saturated heterocycles. The minimum Gasteiger partial charge on any atom is -0.0985 e. The Hall–Kier alpha value is -1.24. The second kappa shape index (κ2) is 3.44. The average Bonchev–Trinajstić information content (AvgIpc) is 2.03. The number of allylic oxidation sites excluding steroid dienone is 2. The molecule has 0 aromatic heterocycles. The number of benzene rings is 1. The van der Waals surface area contributed by atoms with Gasteiger partial charge in [-0.2, -0.15) is 0 Å². The Morgan fingerprint density at radius 1 is 1.50 bits per heavy atom. The summed E-state index contributed by atoms with van der Waals surface area (Å²) in [5.41, 5.74) is 3.97. The van der Waals surface area contributed by atoms with Crippen molar-refractivity contribution in [3.8, 4) is 0 Å². The Labute approximate surface area is 75.0 Å². The molecule has 1 heteroatoms. The molecular weight excluding hydrogens is 143 g/mol. The molecule has 0 bridgehead atoms. The zero-order valence-corrected chi connectivity index (χ0v) is 7.30. The highest BCUT2D eigenvalue weighted by atomic mass is 14.0. The highest BCUT2D eigenvalue weighted by Gasteiger charge is 1.98. The lowest BCUT2D eigenvalue weighted by Crippen LogP contribution is -2.02. The number of rotatable bonds is 2. The standard InChI is InChI=1S/C11H11B/c1-4-8(2)11-6-5-10(12)7-9(11)3/h4-7H,1-2H2,3H3. The van der Waals surface area contributed by atoms with E-state index < -0.39 is 0 Å². The van der Waals surface area contributed by atoms with Gasteiger partial charge in [0.05, 0.1) is 0 Å². The first-order valence-electron chi connectivity index (χ1n) is 3.83. The third-order valence-corrected chi connectivity index (χ3v) is 1.84. The second-order valence-electron chi connectivity index (χ2n) is 2.80. The minimum atomic E-state index is 0.785. The van der Waals surface area contributed by atoms with E-state index in [0.717, 1.165) is 22.2 Å². The Kier molecular flexibility index (Phi) is 2.54. The summed E-state index contributed by atoms with van der Waals surface area (Å²) in [4.78, 5) is 0. The van der Waals surface area contributed by atoms with E-state index in [1.54, 1.807) is 6.08 Å². The summed E-state index contributed by atoms with van der Waals surface area (Å²) in [6, 6.07) is 5.77. The van der Waals surface area contributed by atoms with Crippen LogP contribution < -0.4 is 5.46 Å². The van der Waals surface area contributed by atoms with Crippen molar-refractivity contribution in [1.29, 1.82) is 0 Å². The lowest BCUT2D eigenvalue weighted by molar-refractivity contribution is 1.45. The molecule has 0 unspecified atom stereocenters. The Morgan fingerprint density at radius 3 is 2.67 bits per heavy atom. The number of aryl methyl sites for hydroxylation is 1. The lowest BCUT2D eigenvalue weighted by atomic mass is 9.90. The normalized spacial score (nSPS) is 9.42. The van der Waals surface area contributed by atoms with Crippen LogP contribution in [0.2, 0.25) is 0 Å². The topological polar surface area (TPSA) is 0 Å². The molecule has 0 aliphatic heterocycles. The van der Waals surface area contributed by atoms with Gasteiger partial charge in [0.1, 0.15) is 7.85 Å². The maximum absolute atomic E-state index is 5.61. The van der Waals surface area contributed by atoms with Crippen LogP contribution >= 0.6 is 0 Å². The molecule has 1 rings (SSSR count). The van der Waals surface area contributed by atoms with Crippen LogP contribution in [0.1, 0.15) is 11.1 Å². The lowest BCUT2D eigenvalue weighted by Gasteiger charge is -2.05. The van der Waals surface area contributed by atoms with E-state index >= 15 is 0 Å². The van der Waals surface area contributed by atoms with Crippen molar-refractivity contribution in [2.45, 2.75) is 6.92 Å². The zero-order chi connectivity index (χ0) is 9.14. The molecule has 12 heavy (non-hydrogen) atoms. The first-order chi connectivity index (χ1) is 5.65. The van der Waals surface area contributed by atoms with E-state index in [-0.39, 0.29) is 0 Å². The highest BCUT2D eigenvalue weighted by Crippen LogP contribution is 2.15. The molecule has 0 heterocycles. The molecule has 2 radical (unpaired) electrons. The van der Waals surface area contributed by atoms with Gasteiger partial charge >= 0.3 is 0 Å². The molecule has 0 amide bonds. The molecule has 0 nitrogen and oxygen atoms in total. The van der Waals surface area contributed by atoms with Crippen molar-refractivity contribution in [1.82, 2.24) is 0 Å². The Bertz CT molecular complexity index is 324. The fourth-order valence-electron chi connectivity index (χ4n) is 1.16. The molecule has 0 spiro atoms. The van der Waals surface area contributed by atoms with E-state index in [9.17, 15) is 0 Å². The van der Waals surface area contributed by atoms with Crippen LogP contribution in [0.25, 0.3) is 5.57 Å². The fourth-order valence-corrected chi connectivity index (χ4v) is 1.16. The first kappa shape index (κ1) is 8.86. The Morgan fingerprint density at radius 2 is 2.17 bits per heavy atom. The summed E-state index contributed by atoms with van der Waals surface area (Å²) in [7, 11) is 5.61. The predicted octanol–water partition coefficient (Wildman–Crippen LogP) is 1.99. The summed E-state index contributed by atoms with van der Waals surface area (Å²) in [6.07, 6.45) is 1.75. The summed E-state index contributed by atoms with van der Waals surface area (Å²) < 4.78 is 0. The van der Waals surface area contributed by atoms with E-state index in [2.05, 4.69) is 13.2 Å². The van der Waals surface area contributed by atoms with Gasteiger partial charge in [-0.15, -0.1) is 0 Å². The van der Waals surface area contributed by atoms with Gasteiger partial charge in [-0.05, 0) is 23.6 Å². The molecule has 0 atom stereocenters. The molecular formula is C11H11B. The molecule has 1 aromatic carbocycles. The molecule has 0 N–H and O–H groups in total. The number of hydrogen-bond acceptors (Lipinski definition) is 0. The maximum Gasteiger partial charge on any atom is 0.113 e. The minimum absolute atomic E-state index is 0.785. The van der Waals surface area contributed by atoms with E-state index in [0.29, 0.717) is 0 Å². The van der Waals surface area contributed by atoms with E-state index in [4.69, 9.17) is 7.85 Å². The molecule has 58 valence electrons. The summed E-state index contributed by atoms with van der Waals surface area (Å²) in [5.74, 6) is 0. The van der Waals surface area contributed by atoms with Crippen molar-refractivity contribution in [2.75, 3.05) is 0 Å². The Balaban J connectivity index is 3.18. The first-order valence-corrected chi connectivity index (χ1v) is 3.83. The van der Waals surface area contributed by atoms with Crippen molar-refractivity contribution in [3.63, 3.8) is 0 Å². The van der Waals surface area contributed by atoms with Crippen molar-refractivity contribution in [2.24, 2.45) is 0 Å². The SMILES string of the molecule is [B]c1ccc(C(=C)C=C)c(C)c1. The highest BCUT2D eigenvalue weighted by molar-refractivity contribution is 6.32. The summed E-state index contributed by atoms with van der Waals surface area (Å²) in [6.45, 7) is 9.56. The van der Waals surface area contributed by atoms with Crippen LogP contribution in [-0.4, -0.2) is 7.85 Å². The van der Waals surface area contributed by atoms with Crippen LogP contribution in [0.4, 0.5) is 0 Å². The van der Waals surface area contributed by atoms with Gasteiger partial charge in [-0.3, -0.25) is 0 Å². The summed E-state index contributed by atoms with van der Waals surface area (Å²) >= 11 is 0. The maximum atomic E-state index is 5.61. The predicted molar refractivity (Wildman–Crippen MR) is 55.8 cm³/mol.